The lowest BCUT2D eigenvalue weighted by Crippen LogP contribution is -2.28. The van der Waals surface area contributed by atoms with E-state index in [2.05, 4.69) is 25.5 Å². The van der Waals surface area contributed by atoms with Gasteiger partial charge in [0.25, 0.3) is 5.91 Å². The third-order valence-corrected chi connectivity index (χ3v) is 6.68. The van der Waals surface area contributed by atoms with Crippen molar-refractivity contribution in [2.45, 2.75) is 26.2 Å². The number of hydrogen-bond acceptors (Lipinski definition) is 7. The summed E-state index contributed by atoms with van der Waals surface area (Å²) in [4.78, 5) is 25.3. The normalized spacial score (nSPS) is 14.2. The van der Waals surface area contributed by atoms with Crippen molar-refractivity contribution in [1.82, 2.24) is 20.2 Å². The Balaban J connectivity index is 1.50. The summed E-state index contributed by atoms with van der Waals surface area (Å²) in [6, 6.07) is 4.25. The zero-order valence-corrected chi connectivity index (χ0v) is 18.5. The molecule has 3 heterocycles. The second kappa shape index (κ2) is 9.57. The van der Waals surface area contributed by atoms with Crippen LogP contribution in [0.4, 0.5) is 15.9 Å². The van der Waals surface area contributed by atoms with E-state index in [1.165, 1.54) is 49.7 Å². The number of likely N-dealkylation sites (tertiary alicyclic amines) is 1. The van der Waals surface area contributed by atoms with Gasteiger partial charge in [0.15, 0.2) is 0 Å². The van der Waals surface area contributed by atoms with Crippen LogP contribution in [0.1, 0.15) is 34.5 Å². The summed E-state index contributed by atoms with van der Waals surface area (Å²) < 4.78 is 18.8. The molecule has 1 aliphatic rings. The summed E-state index contributed by atoms with van der Waals surface area (Å²) in [5, 5.41) is 7.01. The Bertz CT molecular complexity index is 1080. The van der Waals surface area contributed by atoms with E-state index in [0.29, 0.717) is 28.7 Å². The number of methoxy groups -OCH3 is 1. The molecule has 3 aromatic rings. The predicted molar refractivity (Wildman–Crippen MR) is 121 cm³/mol. The Morgan fingerprint density at radius 2 is 2.10 bits per heavy atom. The molecule has 7 nitrogen and oxygen atoms in total. The molecule has 0 saturated carbocycles. The fraction of sp³-hybridized carbons (Fsp3) is 0.409. The number of ether oxygens (including phenoxy) is 1. The van der Waals surface area contributed by atoms with Crippen molar-refractivity contribution in [2.24, 2.45) is 0 Å². The van der Waals surface area contributed by atoms with Crippen molar-refractivity contribution < 1.29 is 13.9 Å². The molecule has 0 spiro atoms. The number of hydrogen-bond donors (Lipinski definition) is 2. The summed E-state index contributed by atoms with van der Waals surface area (Å²) >= 11 is 1.35. The van der Waals surface area contributed by atoms with Crippen molar-refractivity contribution in [1.29, 1.82) is 0 Å². The summed E-state index contributed by atoms with van der Waals surface area (Å²) in [6.45, 7) is 5.89. The quantitative estimate of drug-likeness (QED) is 0.510. The fourth-order valence-electron chi connectivity index (χ4n) is 3.87. The van der Waals surface area contributed by atoms with Crippen molar-refractivity contribution in [3.8, 4) is 5.75 Å². The van der Waals surface area contributed by atoms with Crippen LogP contribution in [-0.4, -0.2) is 54.1 Å². The molecule has 0 radical (unpaired) electrons. The monoisotopic (exact) mass is 443 g/mol. The van der Waals surface area contributed by atoms with E-state index in [1.54, 1.807) is 6.07 Å². The highest BCUT2D eigenvalue weighted by molar-refractivity contribution is 7.20. The first-order valence-electron chi connectivity index (χ1n) is 10.4. The first-order chi connectivity index (χ1) is 15.1. The van der Waals surface area contributed by atoms with E-state index in [1.807, 2.05) is 6.92 Å². The van der Waals surface area contributed by atoms with Gasteiger partial charge in [0.1, 0.15) is 28.5 Å². The van der Waals surface area contributed by atoms with Gasteiger partial charge in [-0.15, -0.1) is 11.3 Å². The summed E-state index contributed by atoms with van der Waals surface area (Å²) in [6.07, 6.45) is 4.93. The Kier molecular flexibility index (Phi) is 6.62. The number of amides is 1. The number of thiophene rings is 1. The minimum absolute atomic E-state index is 0.0905. The van der Waals surface area contributed by atoms with E-state index in [4.69, 9.17) is 4.74 Å². The molecule has 0 aliphatic carbocycles. The lowest BCUT2D eigenvalue weighted by atomic mass is 10.2. The van der Waals surface area contributed by atoms with Crippen molar-refractivity contribution in [3.05, 3.63) is 40.8 Å². The van der Waals surface area contributed by atoms with Gasteiger partial charge in [0, 0.05) is 12.6 Å². The molecule has 4 rings (SSSR count). The van der Waals surface area contributed by atoms with Crippen LogP contribution in [0, 0.1) is 12.7 Å². The fourth-order valence-corrected chi connectivity index (χ4v) is 4.94. The summed E-state index contributed by atoms with van der Waals surface area (Å²) in [5.74, 6) is 0.449. The molecule has 1 aromatic carbocycles. The van der Waals surface area contributed by atoms with Crippen molar-refractivity contribution in [2.75, 3.05) is 38.6 Å². The molecule has 1 amide bonds. The molecule has 0 atom stereocenters. The van der Waals surface area contributed by atoms with Crippen molar-refractivity contribution >= 4 is 39.0 Å². The van der Waals surface area contributed by atoms with Crippen LogP contribution in [0.25, 0.3) is 10.2 Å². The van der Waals surface area contributed by atoms with Crippen LogP contribution < -0.4 is 15.4 Å². The van der Waals surface area contributed by atoms with E-state index in [0.717, 1.165) is 41.8 Å². The van der Waals surface area contributed by atoms with Gasteiger partial charge in [0.2, 0.25) is 0 Å². The number of nitrogens with one attached hydrogen (secondary N) is 2. The van der Waals surface area contributed by atoms with Gasteiger partial charge in [-0.1, -0.05) is 0 Å². The highest BCUT2D eigenvalue weighted by Crippen LogP contribution is 2.36. The first-order valence-corrected chi connectivity index (χ1v) is 11.2. The first kappa shape index (κ1) is 21.5. The largest absolute Gasteiger partial charge is 0.494 e. The molecule has 0 bridgehead atoms. The number of nitrogens with zero attached hydrogens (tertiary/aromatic N) is 3. The number of carbonyl (C=O) groups excluding carboxylic acids is 1. The van der Waals surface area contributed by atoms with Gasteiger partial charge < -0.3 is 20.3 Å². The molecule has 9 heteroatoms. The van der Waals surface area contributed by atoms with Gasteiger partial charge >= 0.3 is 0 Å². The number of benzene rings is 1. The average Bonchev–Trinajstić information content (AvgIpc) is 3.41. The van der Waals surface area contributed by atoms with Crippen LogP contribution >= 0.6 is 11.3 Å². The van der Waals surface area contributed by atoms with Crippen molar-refractivity contribution in [3.63, 3.8) is 0 Å². The predicted octanol–water partition coefficient (Wildman–Crippen LogP) is 4.11. The maximum absolute atomic E-state index is 13.5. The molecule has 2 aromatic heterocycles. The molecule has 1 saturated heterocycles. The lowest BCUT2D eigenvalue weighted by Gasteiger charge is -2.14. The number of aryl methyl sites for hydroxylation is 1. The van der Waals surface area contributed by atoms with Crippen LogP contribution in [0.2, 0.25) is 0 Å². The Hall–Kier alpha value is -2.78. The lowest BCUT2D eigenvalue weighted by molar-refractivity contribution is 0.0955. The van der Waals surface area contributed by atoms with E-state index < -0.39 is 0 Å². The number of aromatic nitrogens is 2. The second-order valence-electron chi connectivity index (χ2n) is 7.59. The Morgan fingerprint density at radius 1 is 1.29 bits per heavy atom. The molecule has 1 fully saturated rings. The minimum Gasteiger partial charge on any atom is -0.494 e. The van der Waals surface area contributed by atoms with E-state index >= 15 is 0 Å². The second-order valence-corrected chi connectivity index (χ2v) is 8.59. The zero-order chi connectivity index (χ0) is 21.8. The van der Waals surface area contributed by atoms with E-state index in [-0.39, 0.29) is 11.7 Å². The Morgan fingerprint density at radius 3 is 2.87 bits per heavy atom. The maximum Gasteiger partial charge on any atom is 0.261 e. The molecular weight excluding hydrogens is 417 g/mol. The molecule has 0 unspecified atom stereocenters. The SMILES string of the molecule is COc1cc(F)ccc1Nc1ncnc2sc(C(=O)NCCCN3CCCC3)c(C)c12. The van der Waals surface area contributed by atoms with Gasteiger partial charge in [-0.3, -0.25) is 4.79 Å². The zero-order valence-electron chi connectivity index (χ0n) is 17.7. The maximum atomic E-state index is 13.5. The van der Waals surface area contributed by atoms with Crippen LogP contribution in [0.5, 0.6) is 5.75 Å². The van der Waals surface area contributed by atoms with Gasteiger partial charge in [-0.05, 0) is 63.5 Å². The number of carbonyl (C=O) groups is 1. The smallest absolute Gasteiger partial charge is 0.261 e. The number of halogens is 1. The van der Waals surface area contributed by atoms with Gasteiger partial charge in [0.05, 0.1) is 23.1 Å². The van der Waals surface area contributed by atoms with Crippen LogP contribution in [-0.2, 0) is 0 Å². The van der Waals surface area contributed by atoms with Gasteiger partial charge in [-0.2, -0.15) is 0 Å². The highest BCUT2D eigenvalue weighted by Gasteiger charge is 2.20. The molecule has 1 aliphatic heterocycles. The standard InChI is InChI=1S/C22H26FN5O2S/c1-14-18-20(27-16-7-6-15(23)12-17(16)30-2)25-13-26-22(18)31-19(14)21(29)24-8-5-11-28-9-3-4-10-28/h6-7,12-13H,3-5,8-11H2,1-2H3,(H,24,29)(H,25,26,27). The highest BCUT2D eigenvalue weighted by atomic mass is 32.1. The number of anilines is 2. The summed E-state index contributed by atoms with van der Waals surface area (Å²) in [5.41, 5.74) is 1.41. The van der Waals surface area contributed by atoms with Crippen LogP contribution in [0.15, 0.2) is 24.5 Å². The average molecular weight is 444 g/mol. The molecule has 164 valence electrons. The van der Waals surface area contributed by atoms with E-state index in [9.17, 15) is 9.18 Å². The molecular formula is C22H26FN5O2S. The van der Waals surface area contributed by atoms with Gasteiger partial charge in [-0.25, -0.2) is 14.4 Å². The topological polar surface area (TPSA) is 79.4 Å². The van der Waals surface area contributed by atoms with Crippen LogP contribution in [0.3, 0.4) is 0 Å². The summed E-state index contributed by atoms with van der Waals surface area (Å²) in [7, 11) is 1.48. The molecule has 2 N–H and O–H groups in total. The Labute approximate surface area is 184 Å². The molecule has 31 heavy (non-hydrogen) atoms. The third-order valence-electron chi connectivity index (χ3n) is 5.49. The number of fused-ring (bicyclic) bond motifs is 1. The third kappa shape index (κ3) is 4.77. The number of rotatable bonds is 8. The minimum atomic E-state index is -0.384.